The molecule has 0 radical (unpaired) electrons. The molecule has 0 amide bonds. The standard InChI is InChI=1S/C19H32NO2.ClH/c1-5-13-20(14-6-2,15-7-3)16-17(4)22-19(21)18-11-9-8-10-12-18;/h8-12,17H,5-7,13-16H2,1-4H3;1H/q+1;/p-1. The number of hydrogen-bond acceptors (Lipinski definition) is 2. The fourth-order valence-electron chi connectivity index (χ4n) is 3.44. The summed E-state index contributed by atoms with van der Waals surface area (Å²) in [5.74, 6) is -0.212. The number of nitrogens with zero attached hydrogens (tertiary/aromatic N) is 1. The molecule has 0 N–H and O–H groups in total. The first-order valence-electron chi connectivity index (χ1n) is 8.68. The van der Waals surface area contributed by atoms with Crippen molar-refractivity contribution in [3.8, 4) is 0 Å². The highest BCUT2D eigenvalue weighted by Gasteiger charge is 2.28. The van der Waals surface area contributed by atoms with Crippen molar-refractivity contribution >= 4 is 5.97 Å². The quantitative estimate of drug-likeness (QED) is 0.473. The second-order valence-electron chi connectivity index (χ2n) is 6.28. The van der Waals surface area contributed by atoms with Crippen LogP contribution in [0.5, 0.6) is 0 Å². The van der Waals surface area contributed by atoms with E-state index in [2.05, 4.69) is 20.8 Å². The molecular weight excluding hydrogens is 310 g/mol. The molecule has 0 saturated heterocycles. The monoisotopic (exact) mass is 341 g/mol. The highest BCUT2D eigenvalue weighted by Crippen LogP contribution is 2.15. The third-order valence-corrected chi connectivity index (χ3v) is 4.06. The molecule has 0 fully saturated rings. The summed E-state index contributed by atoms with van der Waals surface area (Å²) in [6.07, 6.45) is 3.44. The van der Waals surface area contributed by atoms with Crippen LogP contribution >= 0.6 is 0 Å². The lowest BCUT2D eigenvalue weighted by molar-refractivity contribution is -0.930. The fraction of sp³-hybridized carbons (Fsp3) is 0.632. The van der Waals surface area contributed by atoms with Crippen LogP contribution in [0.4, 0.5) is 0 Å². The summed E-state index contributed by atoms with van der Waals surface area (Å²) in [6.45, 7) is 13.1. The predicted octanol–water partition coefficient (Wildman–Crippen LogP) is 1.28. The summed E-state index contributed by atoms with van der Waals surface area (Å²) in [5.41, 5.74) is 0.633. The van der Waals surface area contributed by atoms with Crippen LogP contribution in [0.1, 0.15) is 57.3 Å². The van der Waals surface area contributed by atoms with Crippen LogP contribution in [0.3, 0.4) is 0 Å². The van der Waals surface area contributed by atoms with Gasteiger partial charge >= 0.3 is 5.97 Å². The molecule has 1 unspecified atom stereocenters. The molecule has 1 aromatic rings. The minimum Gasteiger partial charge on any atom is -1.00 e. The molecule has 0 saturated carbocycles. The van der Waals surface area contributed by atoms with Crippen LogP contribution in [0.25, 0.3) is 0 Å². The van der Waals surface area contributed by atoms with Crippen LogP contribution in [0.15, 0.2) is 30.3 Å². The zero-order valence-electron chi connectivity index (χ0n) is 15.1. The van der Waals surface area contributed by atoms with Gasteiger partial charge in [-0.25, -0.2) is 4.79 Å². The average molecular weight is 342 g/mol. The van der Waals surface area contributed by atoms with Crippen molar-refractivity contribution in [1.29, 1.82) is 0 Å². The maximum Gasteiger partial charge on any atom is 0.338 e. The Morgan fingerprint density at radius 1 is 1.00 bits per heavy atom. The maximum absolute atomic E-state index is 12.2. The fourth-order valence-corrected chi connectivity index (χ4v) is 3.44. The largest absolute Gasteiger partial charge is 1.00 e. The number of halogens is 1. The van der Waals surface area contributed by atoms with Crippen LogP contribution < -0.4 is 12.4 Å². The molecule has 1 atom stereocenters. The minimum absolute atomic E-state index is 0. The average Bonchev–Trinajstić information content (AvgIpc) is 2.48. The lowest BCUT2D eigenvalue weighted by atomic mass is 10.2. The van der Waals surface area contributed by atoms with Crippen LogP contribution in [-0.2, 0) is 4.74 Å². The number of carbonyl (C=O) groups is 1. The molecule has 23 heavy (non-hydrogen) atoms. The third-order valence-electron chi connectivity index (χ3n) is 4.06. The van der Waals surface area contributed by atoms with E-state index in [4.69, 9.17) is 4.74 Å². The van der Waals surface area contributed by atoms with Gasteiger partial charge in [-0.3, -0.25) is 0 Å². The number of esters is 1. The van der Waals surface area contributed by atoms with E-state index in [-0.39, 0.29) is 24.5 Å². The summed E-state index contributed by atoms with van der Waals surface area (Å²) >= 11 is 0. The molecule has 132 valence electrons. The van der Waals surface area contributed by atoms with Crippen molar-refractivity contribution in [2.45, 2.75) is 53.1 Å². The summed E-state index contributed by atoms with van der Waals surface area (Å²) in [6, 6.07) is 9.26. The van der Waals surface area contributed by atoms with Gasteiger partial charge in [-0.15, -0.1) is 0 Å². The maximum atomic E-state index is 12.2. The number of hydrogen-bond donors (Lipinski definition) is 0. The first-order valence-corrected chi connectivity index (χ1v) is 8.68. The van der Waals surface area contributed by atoms with E-state index in [1.54, 1.807) is 12.1 Å². The van der Waals surface area contributed by atoms with Crippen LogP contribution in [0, 0.1) is 0 Å². The highest BCUT2D eigenvalue weighted by molar-refractivity contribution is 5.89. The Morgan fingerprint density at radius 3 is 1.91 bits per heavy atom. The molecule has 0 aliphatic rings. The van der Waals surface area contributed by atoms with E-state index in [0.29, 0.717) is 5.56 Å². The summed E-state index contributed by atoms with van der Waals surface area (Å²) in [5, 5.41) is 0. The molecular formula is C19H32ClNO2. The molecule has 1 aromatic carbocycles. The van der Waals surface area contributed by atoms with Crippen molar-refractivity contribution in [3.63, 3.8) is 0 Å². The number of benzene rings is 1. The summed E-state index contributed by atoms with van der Waals surface area (Å²) in [4.78, 5) is 12.2. The van der Waals surface area contributed by atoms with Gasteiger partial charge in [0.1, 0.15) is 12.6 Å². The molecule has 1 rings (SSSR count). The van der Waals surface area contributed by atoms with E-state index >= 15 is 0 Å². The smallest absolute Gasteiger partial charge is 0.338 e. The first-order chi connectivity index (χ1) is 10.6. The van der Waals surface area contributed by atoms with E-state index in [0.717, 1.165) is 30.7 Å². The molecule has 0 spiro atoms. The zero-order chi connectivity index (χ0) is 16.4. The van der Waals surface area contributed by atoms with Gasteiger partial charge in [0, 0.05) is 0 Å². The van der Waals surface area contributed by atoms with Crippen LogP contribution in [-0.4, -0.2) is 42.7 Å². The minimum atomic E-state index is -0.212. The second kappa shape index (κ2) is 11.5. The Morgan fingerprint density at radius 2 is 1.48 bits per heavy atom. The van der Waals surface area contributed by atoms with E-state index in [1.807, 2.05) is 25.1 Å². The molecule has 0 aliphatic heterocycles. The van der Waals surface area contributed by atoms with Gasteiger partial charge < -0.3 is 21.6 Å². The zero-order valence-corrected chi connectivity index (χ0v) is 15.8. The molecule has 0 heterocycles. The number of quaternary nitrogens is 1. The van der Waals surface area contributed by atoms with E-state index < -0.39 is 0 Å². The number of rotatable bonds is 10. The Labute approximate surface area is 148 Å². The van der Waals surface area contributed by atoms with E-state index in [9.17, 15) is 4.79 Å². The Hall–Kier alpha value is -1.06. The third kappa shape index (κ3) is 7.36. The Bertz CT molecular complexity index is 419. The van der Waals surface area contributed by atoms with Gasteiger partial charge in [-0.1, -0.05) is 39.0 Å². The lowest BCUT2D eigenvalue weighted by Gasteiger charge is -2.40. The predicted molar refractivity (Wildman–Crippen MR) is 91.9 cm³/mol. The number of ether oxygens (including phenoxy) is 1. The van der Waals surface area contributed by atoms with Crippen molar-refractivity contribution < 1.29 is 26.4 Å². The van der Waals surface area contributed by atoms with Crippen molar-refractivity contribution in [3.05, 3.63) is 35.9 Å². The normalized spacial score (nSPS) is 12.3. The molecule has 0 aliphatic carbocycles. The summed E-state index contributed by atoms with van der Waals surface area (Å²) < 4.78 is 6.74. The van der Waals surface area contributed by atoms with Crippen molar-refractivity contribution in [2.24, 2.45) is 0 Å². The van der Waals surface area contributed by atoms with E-state index in [1.165, 1.54) is 19.3 Å². The Balaban J connectivity index is 0.00000484. The highest BCUT2D eigenvalue weighted by atomic mass is 35.5. The molecule has 0 bridgehead atoms. The van der Waals surface area contributed by atoms with Gasteiger partial charge in [-0.05, 0) is 38.3 Å². The van der Waals surface area contributed by atoms with Gasteiger partial charge in [0.2, 0.25) is 0 Å². The first kappa shape index (κ1) is 21.9. The Kier molecular flexibility index (Phi) is 10.9. The topological polar surface area (TPSA) is 26.3 Å². The van der Waals surface area contributed by atoms with Gasteiger partial charge in [-0.2, -0.15) is 0 Å². The summed E-state index contributed by atoms with van der Waals surface area (Å²) in [7, 11) is 0. The number of carbonyl (C=O) groups excluding carboxylic acids is 1. The SMILES string of the molecule is CCC[N+](CCC)(CCC)CC(C)OC(=O)c1ccccc1.[Cl-]. The van der Waals surface area contributed by atoms with Crippen LogP contribution in [0.2, 0.25) is 0 Å². The van der Waals surface area contributed by atoms with Crippen molar-refractivity contribution in [1.82, 2.24) is 0 Å². The van der Waals surface area contributed by atoms with Gasteiger partial charge in [0.05, 0.1) is 25.2 Å². The lowest BCUT2D eigenvalue weighted by Crippen LogP contribution is -3.00. The molecule has 4 heteroatoms. The van der Waals surface area contributed by atoms with Gasteiger partial charge in [0.25, 0.3) is 0 Å². The van der Waals surface area contributed by atoms with Gasteiger partial charge in [0.15, 0.2) is 0 Å². The second-order valence-corrected chi connectivity index (χ2v) is 6.28. The molecule has 3 nitrogen and oxygen atoms in total. The van der Waals surface area contributed by atoms with Crippen molar-refractivity contribution in [2.75, 3.05) is 26.2 Å². The molecule has 0 aromatic heterocycles.